The van der Waals surface area contributed by atoms with Gasteiger partial charge in [-0.15, -0.1) is 0 Å². The monoisotopic (exact) mass is 402 g/mol. The summed E-state index contributed by atoms with van der Waals surface area (Å²) < 4.78 is 1.76. The fourth-order valence-electron chi connectivity index (χ4n) is 3.03. The average Bonchev–Trinajstić information content (AvgIpc) is 3.25. The Morgan fingerprint density at radius 1 is 1.00 bits per heavy atom. The first-order valence-electron chi connectivity index (χ1n) is 9.16. The van der Waals surface area contributed by atoms with Crippen LogP contribution < -0.4 is 0 Å². The molecule has 0 atom stereocenters. The molecule has 0 N–H and O–H groups in total. The van der Waals surface area contributed by atoms with Crippen LogP contribution in [0.2, 0.25) is 5.02 Å². The van der Waals surface area contributed by atoms with Crippen LogP contribution in [-0.4, -0.2) is 32.6 Å². The summed E-state index contributed by atoms with van der Waals surface area (Å²) in [5, 5.41) is 5.06. The number of rotatable bonds is 5. The summed E-state index contributed by atoms with van der Waals surface area (Å²) in [6.45, 7) is 0.551. The highest BCUT2D eigenvalue weighted by Gasteiger charge is 2.13. The molecule has 4 rings (SSSR count). The highest BCUT2D eigenvalue weighted by atomic mass is 35.5. The molecule has 0 bridgehead atoms. The number of pyridine rings is 1. The van der Waals surface area contributed by atoms with E-state index in [9.17, 15) is 4.79 Å². The predicted octanol–water partition coefficient (Wildman–Crippen LogP) is 4.86. The Morgan fingerprint density at radius 2 is 1.76 bits per heavy atom. The molecule has 29 heavy (non-hydrogen) atoms. The first-order chi connectivity index (χ1) is 14.1. The van der Waals surface area contributed by atoms with Crippen molar-refractivity contribution in [3.8, 4) is 16.9 Å². The molecule has 2 aromatic carbocycles. The van der Waals surface area contributed by atoms with E-state index < -0.39 is 0 Å². The third-order valence-corrected chi connectivity index (χ3v) is 4.84. The normalized spacial score (nSPS) is 10.7. The molecule has 0 spiro atoms. The van der Waals surface area contributed by atoms with Crippen LogP contribution in [0.3, 0.4) is 0 Å². The van der Waals surface area contributed by atoms with Crippen molar-refractivity contribution in [1.82, 2.24) is 19.7 Å². The summed E-state index contributed by atoms with van der Waals surface area (Å²) in [4.78, 5) is 18.8. The number of hydrogen-bond acceptors (Lipinski definition) is 3. The zero-order valence-corrected chi connectivity index (χ0v) is 16.6. The van der Waals surface area contributed by atoms with Crippen molar-refractivity contribution < 1.29 is 4.79 Å². The fraction of sp³-hybridized carbons (Fsp3) is 0.0870. The van der Waals surface area contributed by atoms with Crippen LogP contribution >= 0.6 is 11.6 Å². The predicted molar refractivity (Wildman–Crippen MR) is 114 cm³/mol. The molecule has 0 unspecified atom stereocenters. The van der Waals surface area contributed by atoms with Crippen molar-refractivity contribution in [1.29, 1.82) is 0 Å². The van der Waals surface area contributed by atoms with Gasteiger partial charge in [0, 0.05) is 36.6 Å². The number of aromatic nitrogens is 3. The molecule has 1 amide bonds. The maximum absolute atomic E-state index is 12.7. The molecule has 144 valence electrons. The minimum absolute atomic E-state index is 0.0650. The van der Waals surface area contributed by atoms with Gasteiger partial charge in [-0.1, -0.05) is 41.9 Å². The second-order valence-electron chi connectivity index (χ2n) is 6.73. The van der Waals surface area contributed by atoms with Gasteiger partial charge in [-0.2, -0.15) is 5.10 Å². The van der Waals surface area contributed by atoms with Gasteiger partial charge in [0.15, 0.2) is 0 Å². The van der Waals surface area contributed by atoms with Crippen molar-refractivity contribution in [3.05, 3.63) is 101 Å². The van der Waals surface area contributed by atoms with Gasteiger partial charge in [0.25, 0.3) is 5.91 Å². The molecule has 0 aliphatic rings. The molecule has 0 radical (unpaired) electrons. The average molecular weight is 403 g/mol. The largest absolute Gasteiger partial charge is 0.337 e. The SMILES string of the molecule is CN(Cc1ccccc1)C(=O)c1ccc(-c2cnn(-c3ccc(Cl)cc3)c2)nc1. The zero-order valence-electron chi connectivity index (χ0n) is 15.9. The highest BCUT2D eigenvalue weighted by molar-refractivity contribution is 6.30. The minimum Gasteiger partial charge on any atom is -0.337 e. The smallest absolute Gasteiger partial charge is 0.255 e. The first-order valence-corrected chi connectivity index (χ1v) is 9.54. The second-order valence-corrected chi connectivity index (χ2v) is 7.17. The Labute approximate surface area is 174 Å². The van der Waals surface area contributed by atoms with E-state index in [-0.39, 0.29) is 5.91 Å². The van der Waals surface area contributed by atoms with E-state index in [1.165, 1.54) is 0 Å². The Balaban J connectivity index is 1.48. The van der Waals surface area contributed by atoms with Crippen LogP contribution in [-0.2, 0) is 6.54 Å². The number of benzene rings is 2. The molecule has 4 aromatic rings. The number of amides is 1. The quantitative estimate of drug-likeness (QED) is 0.479. The van der Waals surface area contributed by atoms with E-state index in [0.29, 0.717) is 17.1 Å². The minimum atomic E-state index is -0.0650. The van der Waals surface area contributed by atoms with E-state index in [4.69, 9.17) is 11.6 Å². The van der Waals surface area contributed by atoms with Crippen molar-refractivity contribution in [2.45, 2.75) is 6.54 Å². The number of hydrogen-bond donors (Lipinski definition) is 0. The third-order valence-electron chi connectivity index (χ3n) is 4.59. The van der Waals surface area contributed by atoms with Gasteiger partial charge in [0.1, 0.15) is 0 Å². The molecule has 5 nitrogen and oxygen atoms in total. The fourth-order valence-corrected chi connectivity index (χ4v) is 3.16. The highest BCUT2D eigenvalue weighted by Crippen LogP contribution is 2.20. The number of carbonyl (C=O) groups excluding carboxylic acids is 1. The van der Waals surface area contributed by atoms with Gasteiger partial charge >= 0.3 is 0 Å². The number of halogens is 1. The Kier molecular flexibility index (Phi) is 5.40. The van der Waals surface area contributed by atoms with Crippen LogP contribution in [0.4, 0.5) is 0 Å². The maximum atomic E-state index is 12.7. The molecular formula is C23H19ClN4O. The van der Waals surface area contributed by atoms with E-state index in [0.717, 1.165) is 22.5 Å². The Hall–Kier alpha value is -3.44. The summed E-state index contributed by atoms with van der Waals surface area (Å²) in [6.07, 6.45) is 5.26. The van der Waals surface area contributed by atoms with Crippen molar-refractivity contribution in [2.24, 2.45) is 0 Å². The lowest BCUT2D eigenvalue weighted by molar-refractivity contribution is 0.0784. The van der Waals surface area contributed by atoms with Gasteiger partial charge < -0.3 is 4.90 Å². The van der Waals surface area contributed by atoms with E-state index in [1.54, 1.807) is 35.1 Å². The van der Waals surface area contributed by atoms with Crippen molar-refractivity contribution in [2.75, 3.05) is 7.05 Å². The van der Waals surface area contributed by atoms with Crippen LogP contribution in [0.15, 0.2) is 85.3 Å². The third kappa shape index (κ3) is 4.36. The van der Waals surface area contributed by atoms with Gasteiger partial charge in [-0.25, -0.2) is 4.68 Å². The van der Waals surface area contributed by atoms with Crippen molar-refractivity contribution >= 4 is 17.5 Å². The van der Waals surface area contributed by atoms with E-state index in [1.807, 2.05) is 66.9 Å². The Bertz CT molecular complexity index is 1110. The zero-order chi connectivity index (χ0) is 20.2. The standard InChI is InChI=1S/C23H19ClN4O/c1-27(15-17-5-3-2-4-6-17)23(29)18-7-12-22(25-13-18)19-14-26-28(16-19)21-10-8-20(24)9-11-21/h2-14,16H,15H2,1H3. The maximum Gasteiger partial charge on any atom is 0.255 e. The van der Waals surface area contributed by atoms with Gasteiger partial charge in [0.05, 0.1) is 23.1 Å². The number of carbonyl (C=O) groups is 1. The lowest BCUT2D eigenvalue weighted by Gasteiger charge is -2.17. The first kappa shape index (κ1) is 18.9. The molecule has 0 fully saturated rings. The molecule has 0 saturated carbocycles. The molecule has 2 heterocycles. The lowest BCUT2D eigenvalue weighted by atomic mass is 10.1. The summed E-state index contributed by atoms with van der Waals surface area (Å²) in [5.41, 5.74) is 4.18. The van der Waals surface area contributed by atoms with Gasteiger partial charge in [-0.05, 0) is 42.0 Å². The lowest BCUT2D eigenvalue weighted by Crippen LogP contribution is -2.26. The van der Waals surface area contributed by atoms with Crippen LogP contribution in [0.1, 0.15) is 15.9 Å². The molecule has 2 aromatic heterocycles. The van der Waals surface area contributed by atoms with Crippen LogP contribution in [0, 0.1) is 0 Å². The molecule has 0 aliphatic heterocycles. The Morgan fingerprint density at radius 3 is 2.45 bits per heavy atom. The van der Waals surface area contributed by atoms with Crippen molar-refractivity contribution in [3.63, 3.8) is 0 Å². The summed E-state index contributed by atoms with van der Waals surface area (Å²) in [7, 11) is 1.79. The summed E-state index contributed by atoms with van der Waals surface area (Å²) in [5.74, 6) is -0.0650. The topological polar surface area (TPSA) is 51.0 Å². The molecule has 6 heteroatoms. The van der Waals surface area contributed by atoms with E-state index >= 15 is 0 Å². The molecule has 0 aliphatic carbocycles. The van der Waals surface area contributed by atoms with Crippen LogP contribution in [0.25, 0.3) is 16.9 Å². The van der Waals surface area contributed by atoms with Gasteiger partial charge in [0.2, 0.25) is 0 Å². The second kappa shape index (κ2) is 8.29. The summed E-state index contributed by atoms with van der Waals surface area (Å²) in [6, 6.07) is 21.0. The molecule has 0 saturated heterocycles. The molecular weight excluding hydrogens is 384 g/mol. The van der Waals surface area contributed by atoms with Gasteiger partial charge in [-0.3, -0.25) is 9.78 Å². The number of nitrogens with zero attached hydrogens (tertiary/aromatic N) is 4. The van der Waals surface area contributed by atoms with E-state index in [2.05, 4.69) is 10.1 Å². The van der Waals surface area contributed by atoms with Crippen LogP contribution in [0.5, 0.6) is 0 Å². The summed E-state index contributed by atoms with van der Waals surface area (Å²) >= 11 is 5.94.